The van der Waals surface area contributed by atoms with Crippen molar-refractivity contribution in [1.29, 1.82) is 0 Å². The number of piperazine rings is 1. The van der Waals surface area contributed by atoms with E-state index in [4.69, 9.17) is 4.74 Å². The Morgan fingerprint density at radius 1 is 0.920 bits per heavy atom. The molecular weight excluding hydrogens is 630 g/mol. The number of amides is 2. The molecule has 256 valence electrons. The van der Waals surface area contributed by atoms with Gasteiger partial charge in [0.1, 0.15) is 5.69 Å². The molecule has 1 saturated carbocycles. The van der Waals surface area contributed by atoms with Gasteiger partial charge in [0.2, 0.25) is 5.91 Å². The SMILES string of the molecule is CO[C@@]1(C(=O)N(C)c2ccc3[nH]nc(-c4ccnc(C5CC5)c4)c3c2)CCN(CC(=O)N2CCN(c3ccc(-c4ncccn4)cc3)CC2)C1. The first kappa shape index (κ1) is 32.0. The third-order valence-corrected chi connectivity index (χ3v) is 10.4. The summed E-state index contributed by atoms with van der Waals surface area (Å²) >= 11 is 0. The number of likely N-dealkylation sites (N-methyl/N-ethyl adjacent to an activating group) is 1. The number of aromatic nitrogens is 5. The first-order valence-electron chi connectivity index (χ1n) is 17.3. The lowest BCUT2D eigenvalue weighted by molar-refractivity contribution is -0.140. The first-order chi connectivity index (χ1) is 24.4. The predicted molar refractivity (Wildman–Crippen MR) is 192 cm³/mol. The van der Waals surface area contributed by atoms with Crippen molar-refractivity contribution in [2.75, 3.05) is 69.8 Å². The summed E-state index contributed by atoms with van der Waals surface area (Å²) in [6.07, 6.45) is 8.21. The fraction of sp³-hybridized carbons (Fsp3) is 0.368. The Kier molecular flexibility index (Phi) is 8.49. The molecular formula is C38H41N9O3. The quantitative estimate of drug-likeness (QED) is 0.244. The highest BCUT2D eigenvalue weighted by molar-refractivity contribution is 6.02. The van der Waals surface area contributed by atoms with Gasteiger partial charge in [-0.1, -0.05) is 0 Å². The lowest BCUT2D eigenvalue weighted by atomic mass is 10.0. The number of ether oxygens (including phenoxy) is 1. The molecule has 2 amide bonds. The summed E-state index contributed by atoms with van der Waals surface area (Å²) in [7, 11) is 3.38. The van der Waals surface area contributed by atoms with E-state index in [1.165, 1.54) is 12.8 Å². The molecule has 1 atom stereocenters. The van der Waals surface area contributed by atoms with Crippen molar-refractivity contribution >= 4 is 34.1 Å². The summed E-state index contributed by atoms with van der Waals surface area (Å²) in [5.41, 5.74) is 5.68. The van der Waals surface area contributed by atoms with Gasteiger partial charge in [0.15, 0.2) is 11.4 Å². The molecule has 2 aromatic carbocycles. The number of nitrogens with zero attached hydrogens (tertiary/aromatic N) is 8. The number of hydrogen-bond acceptors (Lipinski definition) is 9. The number of benzene rings is 2. The monoisotopic (exact) mass is 671 g/mol. The maximum absolute atomic E-state index is 14.1. The molecule has 1 aliphatic carbocycles. The van der Waals surface area contributed by atoms with Crippen molar-refractivity contribution in [3.8, 4) is 22.6 Å². The van der Waals surface area contributed by atoms with Gasteiger partial charge in [0.05, 0.1) is 12.1 Å². The molecule has 3 fully saturated rings. The third-order valence-electron chi connectivity index (χ3n) is 10.4. The zero-order chi connectivity index (χ0) is 34.2. The van der Waals surface area contributed by atoms with Crippen molar-refractivity contribution in [2.24, 2.45) is 0 Å². The highest BCUT2D eigenvalue weighted by Crippen LogP contribution is 2.40. The Morgan fingerprint density at radius 3 is 2.44 bits per heavy atom. The van der Waals surface area contributed by atoms with Crippen molar-refractivity contribution in [3.63, 3.8) is 0 Å². The number of H-pyrrole nitrogens is 1. The minimum atomic E-state index is -1.04. The Balaban J connectivity index is 0.887. The number of methoxy groups -OCH3 is 1. The normalized spacial score (nSPS) is 19.6. The number of nitrogens with one attached hydrogen (secondary N) is 1. The Labute approximate surface area is 291 Å². The molecule has 3 aromatic heterocycles. The largest absolute Gasteiger partial charge is 0.368 e. The summed E-state index contributed by atoms with van der Waals surface area (Å²) in [6, 6.07) is 20.1. The standard InChI is InChI=1S/C38H41N9O3/c1-44(30-10-11-32-31(23-30)35(43-42-32)28-12-16-39-33(22-28)26-4-5-26)37(49)38(50-2)13-17-45(25-38)24-34(48)47-20-18-46(19-21-47)29-8-6-27(7-9-29)36-40-14-3-15-41-36/h3,6-12,14-16,22-23,26H,4-5,13,17-21,24-25H2,1-2H3,(H,42,43)/t38-/m0/s1. The molecule has 0 radical (unpaired) electrons. The van der Waals surface area contributed by atoms with Gasteiger partial charge in [0.25, 0.3) is 5.91 Å². The second-order valence-corrected chi connectivity index (χ2v) is 13.6. The second kappa shape index (κ2) is 13.3. The summed E-state index contributed by atoms with van der Waals surface area (Å²) in [5.74, 6) is 1.20. The van der Waals surface area contributed by atoms with E-state index in [-0.39, 0.29) is 18.4 Å². The number of anilines is 2. The smallest absolute Gasteiger partial charge is 0.260 e. The van der Waals surface area contributed by atoms with E-state index in [1.54, 1.807) is 31.5 Å². The van der Waals surface area contributed by atoms with E-state index in [1.807, 2.05) is 58.5 Å². The van der Waals surface area contributed by atoms with E-state index in [2.05, 4.69) is 48.2 Å². The van der Waals surface area contributed by atoms with Crippen LogP contribution < -0.4 is 9.80 Å². The number of carbonyl (C=O) groups excluding carboxylic acids is 2. The predicted octanol–water partition coefficient (Wildman–Crippen LogP) is 4.36. The van der Waals surface area contributed by atoms with Gasteiger partial charge in [-0.15, -0.1) is 0 Å². The van der Waals surface area contributed by atoms with E-state index in [0.717, 1.165) is 57.9 Å². The van der Waals surface area contributed by atoms with Crippen LogP contribution in [0.2, 0.25) is 0 Å². The van der Waals surface area contributed by atoms with Crippen molar-refractivity contribution in [3.05, 3.63) is 84.9 Å². The van der Waals surface area contributed by atoms with E-state index < -0.39 is 5.60 Å². The fourth-order valence-electron chi connectivity index (χ4n) is 7.25. The second-order valence-electron chi connectivity index (χ2n) is 13.6. The van der Waals surface area contributed by atoms with Crippen molar-refractivity contribution in [2.45, 2.75) is 30.8 Å². The highest BCUT2D eigenvalue weighted by atomic mass is 16.5. The molecule has 50 heavy (non-hydrogen) atoms. The number of carbonyl (C=O) groups is 2. The minimum absolute atomic E-state index is 0.0767. The molecule has 1 N–H and O–H groups in total. The zero-order valence-electron chi connectivity index (χ0n) is 28.5. The Hall–Kier alpha value is -5.20. The van der Waals surface area contributed by atoms with E-state index in [0.29, 0.717) is 44.3 Å². The lowest BCUT2D eigenvalue weighted by Gasteiger charge is -2.37. The molecule has 5 aromatic rings. The summed E-state index contributed by atoms with van der Waals surface area (Å²) in [5, 5.41) is 8.70. The molecule has 5 heterocycles. The molecule has 2 saturated heterocycles. The number of pyridine rings is 1. The Morgan fingerprint density at radius 2 is 1.70 bits per heavy atom. The topological polar surface area (TPSA) is 124 Å². The number of rotatable bonds is 9. The lowest BCUT2D eigenvalue weighted by Crippen LogP contribution is -2.53. The van der Waals surface area contributed by atoms with Crippen LogP contribution in [-0.4, -0.2) is 112 Å². The van der Waals surface area contributed by atoms with Crippen LogP contribution in [0.4, 0.5) is 11.4 Å². The zero-order valence-corrected chi connectivity index (χ0v) is 28.5. The number of hydrogen-bond donors (Lipinski definition) is 1. The van der Waals surface area contributed by atoms with Crippen LogP contribution in [-0.2, 0) is 14.3 Å². The summed E-state index contributed by atoms with van der Waals surface area (Å²) in [4.78, 5) is 48.7. The van der Waals surface area contributed by atoms with Gasteiger partial charge in [-0.3, -0.25) is 24.6 Å². The van der Waals surface area contributed by atoms with Crippen LogP contribution in [0.15, 0.2) is 79.3 Å². The van der Waals surface area contributed by atoms with Crippen LogP contribution in [0.5, 0.6) is 0 Å². The molecule has 12 nitrogen and oxygen atoms in total. The van der Waals surface area contributed by atoms with Crippen LogP contribution in [0, 0.1) is 0 Å². The van der Waals surface area contributed by atoms with Crippen molar-refractivity contribution in [1.82, 2.24) is 34.9 Å². The molecule has 8 rings (SSSR count). The maximum Gasteiger partial charge on any atom is 0.260 e. The molecule has 2 aliphatic heterocycles. The van der Waals surface area contributed by atoms with Gasteiger partial charge in [-0.2, -0.15) is 5.10 Å². The van der Waals surface area contributed by atoms with Gasteiger partial charge in [-0.25, -0.2) is 9.97 Å². The number of fused-ring (bicyclic) bond motifs is 1. The first-order valence-corrected chi connectivity index (χ1v) is 17.3. The maximum atomic E-state index is 14.1. The van der Waals surface area contributed by atoms with E-state index >= 15 is 0 Å². The van der Waals surface area contributed by atoms with E-state index in [9.17, 15) is 9.59 Å². The third kappa shape index (κ3) is 6.20. The van der Waals surface area contributed by atoms with Gasteiger partial charge in [-0.05, 0) is 79.9 Å². The molecule has 0 unspecified atom stereocenters. The van der Waals surface area contributed by atoms with Crippen molar-refractivity contribution < 1.29 is 14.3 Å². The number of likely N-dealkylation sites (tertiary alicyclic amines) is 1. The van der Waals surface area contributed by atoms with Crippen LogP contribution >= 0.6 is 0 Å². The molecule has 0 bridgehead atoms. The summed E-state index contributed by atoms with van der Waals surface area (Å²) in [6.45, 7) is 4.02. The van der Waals surface area contributed by atoms with Crippen LogP contribution in [0.3, 0.4) is 0 Å². The van der Waals surface area contributed by atoms with Gasteiger partial charge < -0.3 is 19.4 Å². The minimum Gasteiger partial charge on any atom is -0.368 e. The average molecular weight is 672 g/mol. The van der Waals surface area contributed by atoms with Gasteiger partial charge in [0, 0.05) is 112 Å². The molecule has 0 spiro atoms. The Bertz CT molecular complexity index is 2010. The van der Waals surface area contributed by atoms with Gasteiger partial charge >= 0.3 is 0 Å². The molecule has 12 heteroatoms. The fourth-order valence-corrected chi connectivity index (χ4v) is 7.25. The highest BCUT2D eigenvalue weighted by Gasteiger charge is 2.47. The summed E-state index contributed by atoms with van der Waals surface area (Å²) < 4.78 is 5.97. The number of aromatic amines is 1. The van der Waals surface area contributed by atoms with Crippen LogP contribution in [0.1, 0.15) is 30.9 Å². The average Bonchev–Trinajstić information content (AvgIpc) is 3.82. The van der Waals surface area contributed by atoms with Crippen LogP contribution in [0.25, 0.3) is 33.5 Å². The molecule has 3 aliphatic rings.